The van der Waals surface area contributed by atoms with Crippen molar-refractivity contribution in [2.45, 2.75) is 25.8 Å². The van der Waals surface area contributed by atoms with E-state index in [2.05, 4.69) is 10.6 Å². The van der Waals surface area contributed by atoms with Gasteiger partial charge in [-0.1, -0.05) is 6.07 Å². The van der Waals surface area contributed by atoms with Crippen LogP contribution in [0.2, 0.25) is 0 Å². The second-order valence-electron chi connectivity index (χ2n) is 4.47. The normalized spacial score (nSPS) is 14.1. The van der Waals surface area contributed by atoms with Crippen LogP contribution in [0.25, 0.3) is 0 Å². The van der Waals surface area contributed by atoms with E-state index in [0.29, 0.717) is 11.1 Å². The van der Waals surface area contributed by atoms with Gasteiger partial charge in [0.05, 0.1) is 6.54 Å². The van der Waals surface area contributed by atoms with E-state index < -0.39 is 0 Å². The van der Waals surface area contributed by atoms with Crippen LogP contribution >= 0.6 is 0 Å². The molecule has 5 nitrogen and oxygen atoms in total. The molecule has 1 aromatic carbocycles. The van der Waals surface area contributed by atoms with Crippen molar-refractivity contribution in [1.29, 1.82) is 0 Å². The summed E-state index contributed by atoms with van der Waals surface area (Å²) in [5.41, 5.74) is 0.895. The third-order valence-corrected chi connectivity index (χ3v) is 2.90. The van der Waals surface area contributed by atoms with Crippen molar-refractivity contribution >= 4 is 11.8 Å². The quantitative estimate of drug-likeness (QED) is 0.734. The summed E-state index contributed by atoms with van der Waals surface area (Å²) in [6.07, 6.45) is 2.04. The summed E-state index contributed by atoms with van der Waals surface area (Å²) < 4.78 is 0. The molecule has 1 aromatic rings. The zero-order valence-corrected chi connectivity index (χ0v) is 10.2. The Hall–Kier alpha value is -2.04. The lowest BCUT2D eigenvalue weighted by molar-refractivity contribution is -0.120. The van der Waals surface area contributed by atoms with Gasteiger partial charge in [0.2, 0.25) is 5.91 Å². The summed E-state index contributed by atoms with van der Waals surface area (Å²) in [5, 5.41) is 14.8. The minimum absolute atomic E-state index is 0.0373. The maximum absolute atomic E-state index is 11.8. The van der Waals surface area contributed by atoms with Crippen molar-refractivity contribution in [1.82, 2.24) is 10.6 Å². The monoisotopic (exact) mass is 248 g/mol. The summed E-state index contributed by atoms with van der Waals surface area (Å²) >= 11 is 0. The molecule has 0 atom stereocenters. The molecule has 1 aliphatic carbocycles. The molecule has 1 saturated carbocycles. The molecule has 5 heteroatoms. The number of rotatable bonds is 4. The first-order chi connectivity index (χ1) is 8.58. The third-order valence-electron chi connectivity index (χ3n) is 2.90. The minimum Gasteiger partial charge on any atom is -0.508 e. The molecule has 2 rings (SSSR count). The van der Waals surface area contributed by atoms with Gasteiger partial charge in [-0.15, -0.1) is 0 Å². The van der Waals surface area contributed by atoms with Crippen LogP contribution in [0.1, 0.15) is 28.8 Å². The Morgan fingerprint density at radius 1 is 1.39 bits per heavy atom. The first-order valence-corrected chi connectivity index (χ1v) is 5.94. The van der Waals surface area contributed by atoms with Crippen molar-refractivity contribution in [2.75, 3.05) is 6.54 Å². The Kier molecular flexibility index (Phi) is 3.50. The van der Waals surface area contributed by atoms with Crippen molar-refractivity contribution in [2.24, 2.45) is 0 Å². The molecule has 1 fully saturated rings. The third kappa shape index (κ3) is 3.00. The Bertz CT molecular complexity index is 481. The molecule has 0 unspecified atom stereocenters. The number of hydrogen-bond acceptors (Lipinski definition) is 3. The zero-order chi connectivity index (χ0) is 13.1. The number of amides is 2. The van der Waals surface area contributed by atoms with E-state index in [-0.39, 0.29) is 30.2 Å². The molecule has 0 aromatic heterocycles. The van der Waals surface area contributed by atoms with Crippen LogP contribution in [0.5, 0.6) is 5.75 Å². The van der Waals surface area contributed by atoms with Crippen molar-refractivity contribution < 1.29 is 14.7 Å². The summed E-state index contributed by atoms with van der Waals surface area (Å²) in [5.74, 6) is -0.455. The lowest BCUT2D eigenvalue weighted by Crippen LogP contribution is -2.38. The highest BCUT2D eigenvalue weighted by Crippen LogP contribution is 2.19. The van der Waals surface area contributed by atoms with E-state index >= 15 is 0 Å². The molecule has 0 bridgehead atoms. The van der Waals surface area contributed by atoms with E-state index in [4.69, 9.17) is 0 Å². The van der Waals surface area contributed by atoms with Crippen molar-refractivity contribution in [3.63, 3.8) is 0 Å². The van der Waals surface area contributed by atoms with Crippen LogP contribution in [0.3, 0.4) is 0 Å². The fourth-order valence-electron chi connectivity index (χ4n) is 1.63. The van der Waals surface area contributed by atoms with E-state index in [9.17, 15) is 14.7 Å². The number of carbonyl (C=O) groups is 2. The maximum Gasteiger partial charge on any atom is 0.252 e. The topological polar surface area (TPSA) is 78.4 Å². The molecule has 0 aliphatic heterocycles. The predicted octanol–water partition coefficient (Wildman–Crippen LogP) is 0.709. The van der Waals surface area contributed by atoms with E-state index in [0.717, 1.165) is 12.8 Å². The van der Waals surface area contributed by atoms with Gasteiger partial charge in [0, 0.05) is 17.2 Å². The fraction of sp³-hybridized carbons (Fsp3) is 0.385. The Morgan fingerprint density at radius 3 is 2.78 bits per heavy atom. The van der Waals surface area contributed by atoms with Crippen LogP contribution in [-0.4, -0.2) is 29.5 Å². The van der Waals surface area contributed by atoms with Crippen LogP contribution in [0.4, 0.5) is 0 Å². The molecule has 0 spiro atoms. The standard InChI is InChI=1S/C13H16N2O3/c1-8-10(3-2-4-11(8)16)13(18)14-7-12(17)15-9-5-6-9/h2-4,9,16H,5-7H2,1H3,(H,14,18)(H,15,17). The van der Waals surface area contributed by atoms with Gasteiger partial charge in [0.25, 0.3) is 5.91 Å². The van der Waals surface area contributed by atoms with Gasteiger partial charge in [-0.2, -0.15) is 0 Å². The SMILES string of the molecule is Cc1c(O)cccc1C(=O)NCC(=O)NC1CC1. The van der Waals surface area contributed by atoms with Crippen LogP contribution in [0.15, 0.2) is 18.2 Å². The molecule has 0 heterocycles. The predicted molar refractivity (Wildman–Crippen MR) is 66.3 cm³/mol. The van der Waals surface area contributed by atoms with Crippen molar-refractivity contribution in [3.05, 3.63) is 29.3 Å². The van der Waals surface area contributed by atoms with E-state index in [1.54, 1.807) is 19.1 Å². The Labute approximate surface area is 105 Å². The van der Waals surface area contributed by atoms with Gasteiger partial charge >= 0.3 is 0 Å². The van der Waals surface area contributed by atoms with Gasteiger partial charge in [0.15, 0.2) is 0 Å². The lowest BCUT2D eigenvalue weighted by atomic mass is 10.1. The highest BCUT2D eigenvalue weighted by molar-refractivity contribution is 5.98. The fourth-order valence-corrected chi connectivity index (χ4v) is 1.63. The molecule has 0 radical (unpaired) electrons. The molecule has 2 amide bonds. The number of benzene rings is 1. The molecular formula is C13H16N2O3. The summed E-state index contributed by atoms with van der Waals surface area (Å²) in [6, 6.07) is 5.02. The number of hydrogen-bond donors (Lipinski definition) is 3. The lowest BCUT2D eigenvalue weighted by Gasteiger charge is -2.08. The zero-order valence-electron chi connectivity index (χ0n) is 10.2. The molecule has 18 heavy (non-hydrogen) atoms. The smallest absolute Gasteiger partial charge is 0.252 e. The second-order valence-corrected chi connectivity index (χ2v) is 4.47. The average Bonchev–Trinajstić information content (AvgIpc) is 3.13. The number of phenolic OH excluding ortho intramolecular Hbond substituents is 1. The van der Waals surface area contributed by atoms with E-state index in [1.807, 2.05) is 0 Å². The highest BCUT2D eigenvalue weighted by Gasteiger charge is 2.23. The van der Waals surface area contributed by atoms with Gasteiger partial charge in [-0.25, -0.2) is 0 Å². The number of nitrogens with one attached hydrogen (secondary N) is 2. The van der Waals surface area contributed by atoms with E-state index in [1.165, 1.54) is 6.07 Å². The molecule has 96 valence electrons. The Balaban J connectivity index is 1.90. The highest BCUT2D eigenvalue weighted by atomic mass is 16.3. The summed E-state index contributed by atoms with van der Waals surface area (Å²) in [6.45, 7) is 1.62. The molecule has 1 aliphatic rings. The molecule has 3 N–H and O–H groups in total. The average molecular weight is 248 g/mol. The number of phenols is 1. The first kappa shape index (κ1) is 12.4. The minimum atomic E-state index is -0.352. The number of carbonyl (C=O) groups excluding carboxylic acids is 2. The summed E-state index contributed by atoms with van der Waals surface area (Å²) in [7, 11) is 0. The van der Waals surface area contributed by atoms with Gasteiger partial charge in [-0.3, -0.25) is 9.59 Å². The molecular weight excluding hydrogens is 232 g/mol. The van der Waals surface area contributed by atoms with Crippen molar-refractivity contribution in [3.8, 4) is 5.75 Å². The number of aromatic hydroxyl groups is 1. The maximum atomic E-state index is 11.8. The van der Waals surface area contributed by atoms with Gasteiger partial charge < -0.3 is 15.7 Å². The second kappa shape index (κ2) is 5.08. The van der Waals surface area contributed by atoms with Gasteiger partial charge in [-0.05, 0) is 31.9 Å². The Morgan fingerprint density at radius 2 is 2.11 bits per heavy atom. The summed E-state index contributed by atoms with van der Waals surface area (Å²) in [4.78, 5) is 23.2. The first-order valence-electron chi connectivity index (χ1n) is 5.94. The van der Waals surface area contributed by atoms with Gasteiger partial charge in [0.1, 0.15) is 5.75 Å². The van der Waals surface area contributed by atoms with Crippen LogP contribution in [-0.2, 0) is 4.79 Å². The molecule has 0 saturated heterocycles. The van der Waals surface area contributed by atoms with Crippen LogP contribution < -0.4 is 10.6 Å². The van der Waals surface area contributed by atoms with Crippen LogP contribution in [0, 0.1) is 6.92 Å². The largest absolute Gasteiger partial charge is 0.508 e.